The first kappa shape index (κ1) is 21.0. The minimum absolute atomic E-state index is 0.118. The van der Waals surface area contributed by atoms with Gasteiger partial charge in [0.2, 0.25) is 0 Å². The van der Waals surface area contributed by atoms with Crippen molar-refractivity contribution in [3.63, 3.8) is 0 Å². The molecule has 0 aromatic carbocycles. The molecule has 0 spiro atoms. The molecule has 0 saturated heterocycles. The van der Waals surface area contributed by atoms with Gasteiger partial charge >= 0.3 is 6.85 Å². The van der Waals surface area contributed by atoms with Crippen LogP contribution in [0.1, 0.15) is 11.3 Å². The van der Waals surface area contributed by atoms with Gasteiger partial charge in [0.1, 0.15) is 0 Å². The van der Waals surface area contributed by atoms with Crippen LogP contribution in [0, 0.1) is 0 Å². The van der Waals surface area contributed by atoms with E-state index in [1.54, 1.807) is 45.3 Å². The standard InChI is InChI=1S/C26H21BN2S4/c1-28-10-2-3-24(28)26(20-7-12-31-16-20)25-5-4-23(19-6-11-30-15-19)29(25)27(21-8-13-32-17-21)22-9-14-33-18-22/h2-9,11-18H,10H2,1H3/b26-24-. The molecule has 0 saturated carbocycles. The molecule has 33 heavy (non-hydrogen) atoms. The summed E-state index contributed by atoms with van der Waals surface area (Å²) in [6.07, 6.45) is 4.53. The van der Waals surface area contributed by atoms with Crippen molar-refractivity contribution in [2.75, 3.05) is 13.6 Å². The van der Waals surface area contributed by atoms with E-state index in [4.69, 9.17) is 0 Å². The number of nitrogens with zero attached hydrogens (tertiary/aromatic N) is 2. The Kier molecular flexibility index (Phi) is 5.72. The molecule has 0 bridgehead atoms. The average Bonchev–Trinajstić information content (AvgIpc) is 3.65. The third-order valence-electron chi connectivity index (χ3n) is 6.10. The summed E-state index contributed by atoms with van der Waals surface area (Å²) in [5.74, 6) is 0. The van der Waals surface area contributed by atoms with E-state index in [1.165, 1.54) is 44.7 Å². The molecule has 0 amide bonds. The third-order valence-corrected chi connectivity index (χ3v) is 8.87. The second kappa shape index (κ2) is 8.99. The molecule has 1 aliphatic rings. The van der Waals surface area contributed by atoms with Crippen molar-refractivity contribution in [2.24, 2.45) is 0 Å². The molecule has 2 nitrogen and oxygen atoms in total. The van der Waals surface area contributed by atoms with Crippen molar-refractivity contribution in [1.29, 1.82) is 0 Å². The van der Waals surface area contributed by atoms with Crippen LogP contribution in [0.5, 0.6) is 0 Å². The smallest absolute Gasteiger partial charge is 0.329 e. The Hall–Kier alpha value is -2.58. The van der Waals surface area contributed by atoms with E-state index in [0.29, 0.717) is 0 Å². The lowest BCUT2D eigenvalue weighted by molar-refractivity contribution is 0.502. The molecule has 5 aromatic heterocycles. The van der Waals surface area contributed by atoms with Crippen LogP contribution in [0.3, 0.4) is 0 Å². The van der Waals surface area contributed by atoms with Gasteiger partial charge < -0.3 is 9.38 Å². The topological polar surface area (TPSA) is 8.17 Å². The summed E-state index contributed by atoms with van der Waals surface area (Å²) >= 11 is 7.04. The number of aromatic nitrogens is 1. The highest BCUT2D eigenvalue weighted by molar-refractivity contribution is 7.11. The van der Waals surface area contributed by atoms with E-state index < -0.39 is 0 Å². The Morgan fingerprint density at radius 1 is 0.788 bits per heavy atom. The van der Waals surface area contributed by atoms with Gasteiger partial charge in [0.25, 0.3) is 0 Å². The predicted molar refractivity (Wildman–Crippen MR) is 149 cm³/mol. The second-order valence-electron chi connectivity index (χ2n) is 8.06. The first-order valence-corrected chi connectivity index (χ1v) is 14.5. The number of likely N-dealkylation sites (N-methyl/N-ethyl adjacent to an activating group) is 1. The molecule has 6 heterocycles. The predicted octanol–water partition coefficient (Wildman–Crippen LogP) is 6.32. The molecule has 0 fully saturated rings. The Balaban J connectivity index is 1.67. The molecule has 0 N–H and O–H groups in total. The van der Waals surface area contributed by atoms with Gasteiger partial charge in [-0.3, -0.25) is 0 Å². The number of hydrogen-bond donors (Lipinski definition) is 0. The Morgan fingerprint density at radius 3 is 2.06 bits per heavy atom. The maximum absolute atomic E-state index is 2.56. The average molecular weight is 501 g/mol. The zero-order valence-corrected chi connectivity index (χ0v) is 21.3. The SMILES string of the molecule is CN1CC=C/C1=C(\c1ccsc1)c1ccc(-c2ccsc2)n1B(c1ccsc1)c1ccsc1. The van der Waals surface area contributed by atoms with Crippen molar-refractivity contribution < 1.29 is 0 Å². The van der Waals surface area contributed by atoms with Crippen molar-refractivity contribution in [1.82, 2.24) is 9.38 Å². The third kappa shape index (κ3) is 3.79. The molecule has 5 aromatic rings. The Morgan fingerprint density at radius 2 is 1.48 bits per heavy atom. The summed E-state index contributed by atoms with van der Waals surface area (Å²) in [6.45, 7) is 1.06. The fourth-order valence-corrected chi connectivity index (χ4v) is 7.24. The van der Waals surface area contributed by atoms with E-state index in [-0.39, 0.29) is 6.85 Å². The number of rotatable bonds is 6. The van der Waals surface area contributed by atoms with Crippen LogP contribution in [0.2, 0.25) is 0 Å². The summed E-state index contributed by atoms with van der Waals surface area (Å²) in [7, 11) is 2.18. The lowest BCUT2D eigenvalue weighted by Gasteiger charge is -2.24. The number of thiophene rings is 4. The molecule has 0 unspecified atom stereocenters. The molecule has 6 rings (SSSR count). The molecular weight excluding hydrogens is 479 g/mol. The van der Waals surface area contributed by atoms with Crippen LogP contribution in [-0.2, 0) is 0 Å². The minimum Gasteiger partial charge on any atom is -0.376 e. The number of hydrogen-bond acceptors (Lipinski definition) is 5. The van der Waals surface area contributed by atoms with E-state index in [1.807, 2.05) is 0 Å². The molecule has 0 radical (unpaired) electrons. The van der Waals surface area contributed by atoms with Crippen molar-refractivity contribution in [3.05, 3.63) is 109 Å². The van der Waals surface area contributed by atoms with Crippen LogP contribution >= 0.6 is 45.3 Å². The van der Waals surface area contributed by atoms with Crippen molar-refractivity contribution in [3.8, 4) is 11.3 Å². The van der Waals surface area contributed by atoms with Gasteiger partial charge in [-0.05, 0) is 89.9 Å². The Bertz CT molecular complexity index is 1350. The number of allylic oxidation sites excluding steroid dienone is 1. The van der Waals surface area contributed by atoms with Gasteiger partial charge in [-0.1, -0.05) is 18.2 Å². The van der Waals surface area contributed by atoms with Crippen LogP contribution in [0.4, 0.5) is 0 Å². The van der Waals surface area contributed by atoms with Crippen molar-refractivity contribution in [2.45, 2.75) is 0 Å². The van der Waals surface area contributed by atoms with Gasteiger partial charge in [0.15, 0.2) is 0 Å². The highest BCUT2D eigenvalue weighted by Gasteiger charge is 2.30. The molecule has 7 heteroatoms. The highest BCUT2D eigenvalue weighted by Crippen LogP contribution is 2.36. The second-order valence-corrected chi connectivity index (χ2v) is 11.2. The normalized spacial score (nSPS) is 14.9. The zero-order valence-electron chi connectivity index (χ0n) is 18.0. The van der Waals surface area contributed by atoms with E-state index >= 15 is 0 Å². The largest absolute Gasteiger partial charge is 0.376 e. The Labute approximate surface area is 210 Å². The van der Waals surface area contributed by atoms with Crippen LogP contribution in [0.15, 0.2) is 97.3 Å². The van der Waals surface area contributed by atoms with Gasteiger partial charge in [0, 0.05) is 41.8 Å². The van der Waals surface area contributed by atoms with E-state index in [9.17, 15) is 0 Å². The molecular formula is C26H21BN2S4. The van der Waals surface area contributed by atoms with Crippen LogP contribution < -0.4 is 10.9 Å². The molecule has 162 valence electrons. The summed E-state index contributed by atoms with van der Waals surface area (Å²) in [5.41, 5.74) is 10.3. The van der Waals surface area contributed by atoms with E-state index in [2.05, 4.69) is 108 Å². The molecule has 1 aliphatic heterocycles. The van der Waals surface area contributed by atoms with Crippen LogP contribution in [-0.4, -0.2) is 29.8 Å². The van der Waals surface area contributed by atoms with Crippen LogP contribution in [0.25, 0.3) is 16.8 Å². The zero-order chi connectivity index (χ0) is 22.2. The van der Waals surface area contributed by atoms with Gasteiger partial charge in [-0.15, -0.1) is 0 Å². The molecule has 0 aliphatic carbocycles. The minimum atomic E-state index is 0.118. The maximum atomic E-state index is 2.56. The highest BCUT2D eigenvalue weighted by atomic mass is 32.1. The first-order chi connectivity index (χ1) is 16.3. The van der Waals surface area contributed by atoms with Crippen molar-refractivity contribution >= 4 is 68.7 Å². The summed E-state index contributed by atoms with van der Waals surface area (Å²) in [4.78, 5) is 2.35. The van der Waals surface area contributed by atoms with E-state index in [0.717, 1.165) is 6.54 Å². The maximum Gasteiger partial charge on any atom is 0.329 e. The molecule has 0 atom stereocenters. The lowest BCUT2D eigenvalue weighted by Crippen LogP contribution is -2.48. The summed E-state index contributed by atoms with van der Waals surface area (Å²) in [5, 5.41) is 17.8. The van der Waals surface area contributed by atoms with Gasteiger partial charge in [0.05, 0.1) is 0 Å². The fraction of sp³-hybridized carbons (Fsp3) is 0.0769. The lowest BCUT2D eigenvalue weighted by atomic mass is 9.51. The summed E-state index contributed by atoms with van der Waals surface area (Å²) < 4.78 is 2.56. The fourth-order valence-electron chi connectivity index (χ4n) is 4.58. The van der Waals surface area contributed by atoms with Gasteiger partial charge in [-0.25, -0.2) is 0 Å². The van der Waals surface area contributed by atoms with Gasteiger partial charge in [-0.2, -0.15) is 45.3 Å². The quantitative estimate of drug-likeness (QED) is 0.248. The monoisotopic (exact) mass is 500 g/mol. The first-order valence-electron chi connectivity index (χ1n) is 10.7. The summed E-state index contributed by atoms with van der Waals surface area (Å²) in [6, 6.07) is 13.6.